The molecule has 0 amide bonds. The summed E-state index contributed by atoms with van der Waals surface area (Å²) in [7, 11) is -1.74. The van der Waals surface area contributed by atoms with Gasteiger partial charge in [0.25, 0.3) is 5.56 Å². The van der Waals surface area contributed by atoms with Gasteiger partial charge in [0, 0.05) is 20.5 Å². The van der Waals surface area contributed by atoms with Crippen LogP contribution in [-0.4, -0.2) is 64.0 Å². The highest BCUT2D eigenvalue weighted by atomic mass is 32.2. The molecule has 210 valence electrons. The monoisotopic (exact) mass is 565 g/mol. The fourth-order valence-electron chi connectivity index (χ4n) is 4.88. The Balaban J connectivity index is 0.00000337. The molecular weight excluding hydrogens is 534 g/mol. The van der Waals surface area contributed by atoms with Gasteiger partial charge in [-0.15, -0.1) is 0 Å². The average molecular weight is 566 g/mol. The molecule has 12 nitrogen and oxygen atoms in total. The molecule has 1 atom stereocenters. The number of nitrogens with zero attached hydrogens (tertiary/aromatic N) is 6. The molecule has 2 fully saturated rings. The van der Waals surface area contributed by atoms with Crippen LogP contribution >= 0.6 is 0 Å². The number of nitrogens with one attached hydrogen (secondary N) is 1. The Morgan fingerprint density at radius 3 is 2.60 bits per heavy atom. The van der Waals surface area contributed by atoms with E-state index in [2.05, 4.69) is 25.3 Å². The van der Waals surface area contributed by atoms with Crippen molar-refractivity contribution in [3.63, 3.8) is 0 Å². The van der Waals surface area contributed by atoms with Gasteiger partial charge in [0.1, 0.15) is 17.4 Å². The third-order valence-corrected chi connectivity index (χ3v) is 9.00. The Kier molecular flexibility index (Phi) is 6.92. The second-order valence-electron chi connectivity index (χ2n) is 9.87. The Hall–Kier alpha value is -3.97. The zero-order valence-electron chi connectivity index (χ0n) is 22.2. The lowest BCUT2D eigenvalue weighted by Crippen LogP contribution is -2.30. The van der Waals surface area contributed by atoms with Crippen molar-refractivity contribution in [3.05, 3.63) is 58.4 Å². The molecule has 1 aliphatic carbocycles. The third-order valence-electron chi connectivity index (χ3n) is 7.25. The molecule has 40 heavy (non-hydrogen) atoms. The van der Waals surface area contributed by atoms with Crippen molar-refractivity contribution >= 4 is 26.8 Å². The van der Waals surface area contributed by atoms with E-state index in [0.717, 1.165) is 24.1 Å². The minimum atomic E-state index is -3.29. The van der Waals surface area contributed by atoms with E-state index in [1.807, 2.05) is 0 Å². The Morgan fingerprint density at radius 1 is 1.12 bits per heavy atom. The number of benzene rings is 1. The maximum Gasteiger partial charge on any atom is 0.295 e. The molecule has 0 spiro atoms. The Morgan fingerprint density at radius 2 is 1.93 bits per heavy atom. The van der Waals surface area contributed by atoms with Crippen LogP contribution < -0.4 is 15.6 Å². The molecule has 4 aromatic rings. The summed E-state index contributed by atoms with van der Waals surface area (Å²) in [6, 6.07) is 6.39. The summed E-state index contributed by atoms with van der Waals surface area (Å²) in [5.41, 5.74) is 2.81. The van der Waals surface area contributed by atoms with Crippen LogP contribution in [0.15, 0.2) is 46.5 Å². The SMILES string of the molecule is CCS(=O)(=O)c1ccc(CNc2nc3cnc(-c4c(OC)ncnc4C4CC4)nc3n([C@H]3CCOC3)c2=O)cc1.[HH]. The summed E-state index contributed by atoms with van der Waals surface area (Å²) in [6.45, 7) is 2.82. The summed E-state index contributed by atoms with van der Waals surface area (Å²) in [6.07, 6.45) is 5.80. The molecule has 4 heterocycles. The van der Waals surface area contributed by atoms with Crippen LogP contribution in [0.5, 0.6) is 5.88 Å². The molecule has 6 rings (SSSR count). The first-order valence-electron chi connectivity index (χ1n) is 13.2. The first-order chi connectivity index (χ1) is 19.4. The Labute approximate surface area is 232 Å². The maximum atomic E-state index is 13.8. The highest BCUT2D eigenvalue weighted by Gasteiger charge is 2.32. The molecule has 1 N–H and O–H groups in total. The van der Waals surface area contributed by atoms with Gasteiger partial charge in [-0.3, -0.25) is 9.36 Å². The molecule has 13 heteroatoms. The van der Waals surface area contributed by atoms with Crippen molar-refractivity contribution in [2.45, 2.75) is 49.6 Å². The fraction of sp³-hybridized carbons (Fsp3) is 0.407. The van der Waals surface area contributed by atoms with Crippen LogP contribution in [0.4, 0.5) is 5.82 Å². The highest BCUT2D eigenvalue weighted by Crippen LogP contribution is 2.44. The lowest BCUT2D eigenvalue weighted by Gasteiger charge is -2.18. The molecule has 3 aromatic heterocycles. The molecular formula is C27H31N7O5S. The number of fused-ring (bicyclic) bond motifs is 1. The van der Waals surface area contributed by atoms with E-state index in [1.165, 1.54) is 6.33 Å². The number of hydrogen-bond acceptors (Lipinski definition) is 11. The van der Waals surface area contributed by atoms with E-state index in [9.17, 15) is 13.2 Å². The van der Waals surface area contributed by atoms with E-state index < -0.39 is 9.84 Å². The Bertz CT molecular complexity index is 1740. The number of anilines is 1. The van der Waals surface area contributed by atoms with Gasteiger partial charge < -0.3 is 14.8 Å². The first kappa shape index (κ1) is 26.3. The van der Waals surface area contributed by atoms with E-state index in [0.29, 0.717) is 54.0 Å². The second kappa shape index (κ2) is 10.5. The third kappa shape index (κ3) is 4.90. The van der Waals surface area contributed by atoms with Gasteiger partial charge in [-0.25, -0.2) is 33.3 Å². The summed E-state index contributed by atoms with van der Waals surface area (Å²) in [5.74, 6) is 1.26. The van der Waals surface area contributed by atoms with Crippen LogP contribution in [0.2, 0.25) is 0 Å². The number of sulfone groups is 1. The fourth-order valence-corrected chi connectivity index (χ4v) is 5.77. The summed E-state index contributed by atoms with van der Waals surface area (Å²) >= 11 is 0. The zero-order chi connectivity index (χ0) is 27.9. The number of methoxy groups -OCH3 is 1. The molecule has 2 aliphatic rings. The highest BCUT2D eigenvalue weighted by molar-refractivity contribution is 7.91. The van der Waals surface area contributed by atoms with Crippen LogP contribution in [-0.2, 0) is 21.1 Å². The zero-order valence-corrected chi connectivity index (χ0v) is 23.0. The van der Waals surface area contributed by atoms with Gasteiger partial charge in [0.15, 0.2) is 27.1 Å². The topological polar surface area (TPSA) is 151 Å². The second-order valence-corrected chi connectivity index (χ2v) is 12.2. The van der Waals surface area contributed by atoms with Crippen LogP contribution in [0, 0.1) is 0 Å². The van der Waals surface area contributed by atoms with E-state index in [-0.39, 0.29) is 36.0 Å². The minimum absolute atomic E-state index is 0. The predicted octanol–water partition coefficient (Wildman–Crippen LogP) is 3.14. The van der Waals surface area contributed by atoms with Crippen molar-refractivity contribution in [1.82, 2.24) is 29.5 Å². The van der Waals surface area contributed by atoms with Crippen LogP contribution in [0.1, 0.15) is 50.8 Å². The molecule has 1 aliphatic heterocycles. The van der Waals surface area contributed by atoms with Crippen molar-refractivity contribution < 1.29 is 19.3 Å². The van der Waals surface area contributed by atoms with E-state index in [4.69, 9.17) is 14.5 Å². The van der Waals surface area contributed by atoms with Crippen LogP contribution in [0.25, 0.3) is 22.6 Å². The summed E-state index contributed by atoms with van der Waals surface area (Å²) in [4.78, 5) is 36.8. The number of rotatable bonds is 9. The normalized spacial score (nSPS) is 17.3. The van der Waals surface area contributed by atoms with Crippen molar-refractivity contribution in [2.24, 2.45) is 0 Å². The number of ether oxygens (including phenoxy) is 2. The van der Waals surface area contributed by atoms with Gasteiger partial charge >= 0.3 is 0 Å². The number of aromatic nitrogens is 6. The van der Waals surface area contributed by atoms with Crippen molar-refractivity contribution in [3.8, 4) is 17.3 Å². The van der Waals surface area contributed by atoms with Gasteiger partial charge in [0.2, 0.25) is 5.88 Å². The largest absolute Gasteiger partial charge is 0.480 e. The van der Waals surface area contributed by atoms with Gasteiger partial charge in [-0.2, -0.15) is 0 Å². The van der Waals surface area contributed by atoms with E-state index >= 15 is 0 Å². The van der Waals surface area contributed by atoms with Crippen molar-refractivity contribution in [2.75, 3.05) is 31.4 Å². The maximum absolute atomic E-state index is 13.8. The quantitative estimate of drug-likeness (QED) is 0.319. The predicted molar refractivity (Wildman–Crippen MR) is 149 cm³/mol. The van der Waals surface area contributed by atoms with E-state index in [1.54, 1.807) is 49.1 Å². The summed E-state index contributed by atoms with van der Waals surface area (Å²) in [5, 5.41) is 3.12. The minimum Gasteiger partial charge on any atom is -0.480 e. The van der Waals surface area contributed by atoms with Gasteiger partial charge in [-0.1, -0.05) is 19.1 Å². The van der Waals surface area contributed by atoms with Gasteiger partial charge in [-0.05, 0) is 37.0 Å². The van der Waals surface area contributed by atoms with Gasteiger partial charge in [0.05, 0.1) is 42.3 Å². The first-order valence-corrected chi connectivity index (χ1v) is 14.9. The smallest absolute Gasteiger partial charge is 0.295 e. The standard InChI is InChI=1S/C27H29N7O5S.H2/c1-3-40(36,37)19-8-4-16(5-9-19)12-28-24-27(35)34(18-10-11-39-14-18)25-20(32-24)13-29-23(33-25)21-22(17-6-7-17)30-15-31-26(21)38-2;/h4-5,8-9,13,15,17-18H,3,6-7,10-12,14H2,1-2H3,(H,28,32);1H/t18-;/m0./s1. The van der Waals surface area contributed by atoms with Crippen molar-refractivity contribution in [1.29, 1.82) is 0 Å². The molecule has 1 saturated carbocycles. The molecule has 0 unspecified atom stereocenters. The number of hydrogen-bond donors (Lipinski definition) is 1. The summed E-state index contributed by atoms with van der Waals surface area (Å²) < 4.78 is 37.0. The lowest BCUT2D eigenvalue weighted by atomic mass is 10.1. The molecule has 1 saturated heterocycles. The molecule has 1 aromatic carbocycles. The molecule has 0 bridgehead atoms. The van der Waals surface area contributed by atoms with Crippen LogP contribution in [0.3, 0.4) is 0 Å². The molecule has 0 radical (unpaired) electrons. The average Bonchev–Trinajstić information content (AvgIpc) is 3.69. The lowest BCUT2D eigenvalue weighted by molar-refractivity contribution is 0.186.